The molecule has 0 unspecified atom stereocenters. The first-order valence-corrected chi connectivity index (χ1v) is 9.00. The number of pyridine rings is 1. The number of halogens is 1. The van der Waals surface area contributed by atoms with Crippen LogP contribution < -0.4 is 5.56 Å². The van der Waals surface area contributed by atoms with E-state index in [-0.39, 0.29) is 17.5 Å². The Kier molecular flexibility index (Phi) is 5.05. The van der Waals surface area contributed by atoms with Gasteiger partial charge in [-0.05, 0) is 43.5 Å². The molecule has 0 aliphatic heterocycles. The molecule has 0 atom stereocenters. The highest BCUT2D eigenvalue weighted by molar-refractivity contribution is 9.10. The van der Waals surface area contributed by atoms with E-state index in [4.69, 9.17) is 0 Å². The number of hydrogen-bond acceptors (Lipinski definition) is 4. The van der Waals surface area contributed by atoms with Crippen molar-refractivity contribution in [2.45, 2.75) is 38.6 Å². The summed E-state index contributed by atoms with van der Waals surface area (Å²) in [5.74, 6) is -0.104. The average Bonchev–Trinajstić information content (AvgIpc) is 3.09. The van der Waals surface area contributed by atoms with Crippen molar-refractivity contribution in [3.8, 4) is 11.9 Å². The molecule has 1 heterocycles. The van der Waals surface area contributed by atoms with Gasteiger partial charge in [-0.25, -0.2) is 0 Å². The van der Waals surface area contributed by atoms with Gasteiger partial charge < -0.3 is 5.11 Å². The van der Waals surface area contributed by atoms with Gasteiger partial charge >= 0.3 is 0 Å². The Bertz CT molecular complexity index is 935. The summed E-state index contributed by atoms with van der Waals surface area (Å²) in [6.45, 7) is 1.67. The number of aromatic hydroxyl groups is 1. The summed E-state index contributed by atoms with van der Waals surface area (Å²) < 4.78 is 2.28. The van der Waals surface area contributed by atoms with Gasteiger partial charge in [0.15, 0.2) is 0 Å². The van der Waals surface area contributed by atoms with E-state index < -0.39 is 5.56 Å². The van der Waals surface area contributed by atoms with Crippen molar-refractivity contribution in [1.29, 1.82) is 5.26 Å². The van der Waals surface area contributed by atoms with E-state index in [2.05, 4.69) is 20.9 Å². The smallest absolute Gasteiger partial charge is 0.271 e. The molecule has 0 saturated heterocycles. The zero-order valence-corrected chi connectivity index (χ0v) is 15.5. The van der Waals surface area contributed by atoms with Crippen LogP contribution in [0.15, 0.2) is 38.5 Å². The van der Waals surface area contributed by atoms with E-state index in [0.717, 1.165) is 30.2 Å². The summed E-state index contributed by atoms with van der Waals surface area (Å²) in [4.78, 5) is 17.0. The fraction of sp³-hybridized carbons (Fsp3) is 0.316. The molecule has 3 rings (SSSR count). The van der Waals surface area contributed by atoms with Crippen molar-refractivity contribution >= 4 is 27.8 Å². The second-order valence-electron chi connectivity index (χ2n) is 6.20. The molecule has 0 bridgehead atoms. The molecule has 6 heteroatoms. The molecule has 0 amide bonds. The van der Waals surface area contributed by atoms with Gasteiger partial charge in [-0.1, -0.05) is 34.8 Å². The normalized spacial score (nSPS) is 14.9. The fourth-order valence-electron chi connectivity index (χ4n) is 3.29. The third-order valence-electron chi connectivity index (χ3n) is 4.63. The maximum atomic E-state index is 12.6. The number of aromatic nitrogens is 1. The van der Waals surface area contributed by atoms with Crippen LogP contribution in [0.1, 0.15) is 48.4 Å². The fourth-order valence-corrected chi connectivity index (χ4v) is 3.68. The topological polar surface area (TPSA) is 78.4 Å². The van der Waals surface area contributed by atoms with Crippen molar-refractivity contribution in [3.05, 3.63) is 55.8 Å². The largest absolute Gasteiger partial charge is 0.494 e. The van der Waals surface area contributed by atoms with Gasteiger partial charge in [0.05, 0.1) is 11.3 Å². The Hall–Kier alpha value is -2.39. The Balaban J connectivity index is 2.14. The summed E-state index contributed by atoms with van der Waals surface area (Å²) in [5, 5.41) is 20.1. The maximum absolute atomic E-state index is 12.6. The molecule has 1 saturated carbocycles. The quantitative estimate of drug-likeness (QED) is 0.778. The first-order chi connectivity index (χ1) is 12.0. The van der Waals surface area contributed by atoms with Crippen LogP contribution in [0.3, 0.4) is 0 Å². The lowest BCUT2D eigenvalue weighted by Crippen LogP contribution is -2.28. The van der Waals surface area contributed by atoms with Gasteiger partial charge in [-0.3, -0.25) is 14.4 Å². The van der Waals surface area contributed by atoms with Gasteiger partial charge in [0.25, 0.3) is 5.56 Å². The molecule has 0 radical (unpaired) electrons. The maximum Gasteiger partial charge on any atom is 0.271 e. The van der Waals surface area contributed by atoms with Crippen molar-refractivity contribution in [2.75, 3.05) is 0 Å². The summed E-state index contributed by atoms with van der Waals surface area (Å²) in [6.07, 6.45) is 5.24. The van der Waals surface area contributed by atoms with Crippen LogP contribution in [0.25, 0.3) is 0 Å². The Labute approximate surface area is 154 Å². The molecule has 128 valence electrons. The van der Waals surface area contributed by atoms with Gasteiger partial charge in [-0.2, -0.15) is 5.26 Å². The van der Waals surface area contributed by atoms with E-state index >= 15 is 0 Å². The second kappa shape index (κ2) is 7.24. The first kappa shape index (κ1) is 17.4. The minimum atomic E-state index is -0.413. The van der Waals surface area contributed by atoms with E-state index in [1.54, 1.807) is 6.92 Å². The molecular formula is C19H18BrN3O2. The highest BCUT2D eigenvalue weighted by atomic mass is 79.9. The number of nitrogens with zero attached hydrogens (tertiary/aromatic N) is 3. The van der Waals surface area contributed by atoms with Crippen LogP contribution in [0, 0.1) is 18.3 Å². The van der Waals surface area contributed by atoms with Crippen molar-refractivity contribution in [3.63, 3.8) is 0 Å². The lowest BCUT2D eigenvalue weighted by molar-refractivity contribution is 0.368. The molecule has 0 spiro atoms. The van der Waals surface area contributed by atoms with E-state index in [9.17, 15) is 15.2 Å². The Morgan fingerprint density at radius 3 is 2.76 bits per heavy atom. The molecular weight excluding hydrogens is 382 g/mol. The van der Waals surface area contributed by atoms with E-state index in [1.807, 2.05) is 30.3 Å². The highest BCUT2D eigenvalue weighted by Gasteiger charge is 2.25. The van der Waals surface area contributed by atoms with Gasteiger partial charge in [-0.15, -0.1) is 0 Å². The minimum absolute atomic E-state index is 0.0572. The van der Waals surface area contributed by atoms with Crippen molar-refractivity contribution < 1.29 is 5.11 Å². The molecule has 2 aromatic rings. The number of nitriles is 1. The standard InChI is InChI=1S/C19H18BrN3O2/c1-12-16(10-21)18(24)23(15-7-2-3-8-15)19(25)17(12)11-22-14-6-4-5-13(20)9-14/h4-6,9,11,15,25H,2-3,7-8H2,1H3. The summed E-state index contributed by atoms with van der Waals surface area (Å²) >= 11 is 3.39. The lowest BCUT2D eigenvalue weighted by atomic mass is 10.0. The molecule has 25 heavy (non-hydrogen) atoms. The number of hydrogen-bond donors (Lipinski definition) is 1. The monoisotopic (exact) mass is 399 g/mol. The molecule has 1 aromatic heterocycles. The number of benzene rings is 1. The molecule has 1 N–H and O–H groups in total. The third-order valence-corrected chi connectivity index (χ3v) is 5.13. The highest BCUT2D eigenvalue weighted by Crippen LogP contribution is 2.33. The average molecular weight is 400 g/mol. The van der Waals surface area contributed by atoms with Gasteiger partial charge in [0.2, 0.25) is 5.88 Å². The molecule has 1 aromatic carbocycles. The number of rotatable bonds is 3. The van der Waals surface area contributed by atoms with Crippen LogP contribution in [0.2, 0.25) is 0 Å². The van der Waals surface area contributed by atoms with Crippen LogP contribution >= 0.6 is 15.9 Å². The van der Waals surface area contributed by atoms with Gasteiger partial charge in [0.1, 0.15) is 11.6 Å². The molecule has 1 aliphatic rings. The van der Waals surface area contributed by atoms with Crippen LogP contribution in [0.4, 0.5) is 5.69 Å². The number of aliphatic imine (C=N–C) groups is 1. The second-order valence-corrected chi connectivity index (χ2v) is 7.12. The molecule has 5 nitrogen and oxygen atoms in total. The van der Waals surface area contributed by atoms with Crippen LogP contribution in [-0.2, 0) is 0 Å². The Morgan fingerprint density at radius 2 is 2.12 bits per heavy atom. The lowest BCUT2D eigenvalue weighted by Gasteiger charge is -2.19. The zero-order chi connectivity index (χ0) is 18.0. The zero-order valence-electron chi connectivity index (χ0n) is 13.9. The van der Waals surface area contributed by atoms with Crippen LogP contribution in [0.5, 0.6) is 5.88 Å². The Morgan fingerprint density at radius 1 is 1.40 bits per heavy atom. The van der Waals surface area contributed by atoms with Crippen LogP contribution in [-0.4, -0.2) is 15.9 Å². The summed E-state index contributed by atoms with van der Waals surface area (Å²) in [7, 11) is 0. The first-order valence-electron chi connectivity index (χ1n) is 8.20. The van der Waals surface area contributed by atoms with Crippen molar-refractivity contribution in [2.24, 2.45) is 4.99 Å². The van der Waals surface area contributed by atoms with E-state index in [0.29, 0.717) is 16.8 Å². The minimum Gasteiger partial charge on any atom is -0.494 e. The summed E-state index contributed by atoms with van der Waals surface area (Å²) in [5.41, 5.74) is 1.25. The third kappa shape index (κ3) is 3.38. The van der Waals surface area contributed by atoms with Gasteiger partial charge in [0, 0.05) is 16.7 Å². The van der Waals surface area contributed by atoms with E-state index in [1.165, 1.54) is 10.8 Å². The summed E-state index contributed by atoms with van der Waals surface area (Å²) in [6, 6.07) is 9.38. The molecule has 1 fully saturated rings. The molecule has 1 aliphatic carbocycles. The predicted molar refractivity (Wildman–Crippen MR) is 101 cm³/mol. The van der Waals surface area contributed by atoms with Crippen molar-refractivity contribution in [1.82, 2.24) is 4.57 Å². The SMILES string of the molecule is Cc1c(C=Nc2cccc(Br)c2)c(O)n(C2CCCC2)c(=O)c1C#N. The predicted octanol–water partition coefficient (Wildman–Crippen LogP) is 4.36.